The van der Waals surface area contributed by atoms with Crippen LogP contribution in [0.4, 0.5) is 0 Å². The fraction of sp³-hybridized carbons (Fsp3) is 0.818. The van der Waals surface area contributed by atoms with Crippen LogP contribution in [-0.4, -0.2) is 22.5 Å². The Morgan fingerprint density at radius 2 is 1.87 bits per heavy atom. The van der Waals surface area contributed by atoms with E-state index in [-0.39, 0.29) is 11.3 Å². The summed E-state index contributed by atoms with van der Waals surface area (Å²) in [6.45, 7) is 5.88. The number of carbonyl (C=O) groups is 2. The lowest BCUT2D eigenvalue weighted by molar-refractivity contribution is -0.152. The fourth-order valence-electron chi connectivity index (χ4n) is 1.72. The maximum absolute atomic E-state index is 11.6. The average molecular weight is 213 g/mol. The molecule has 0 atom stereocenters. The van der Waals surface area contributed by atoms with Crippen LogP contribution in [0.1, 0.15) is 46.5 Å². The predicted octanol–water partition coefficient (Wildman–Crippen LogP) is 1.55. The Kier molecular flexibility index (Phi) is 3.07. The minimum atomic E-state index is -0.970. The molecule has 86 valence electrons. The molecule has 15 heavy (non-hydrogen) atoms. The monoisotopic (exact) mass is 213 g/mol. The molecule has 1 saturated carbocycles. The molecular formula is C11H19NO3. The predicted molar refractivity (Wildman–Crippen MR) is 56.4 cm³/mol. The van der Waals surface area contributed by atoms with Crippen molar-refractivity contribution in [2.45, 2.75) is 52.0 Å². The Bertz CT molecular complexity index is 274. The molecule has 0 saturated heterocycles. The molecule has 1 aliphatic rings. The number of hydrogen-bond acceptors (Lipinski definition) is 2. The van der Waals surface area contributed by atoms with E-state index >= 15 is 0 Å². The van der Waals surface area contributed by atoms with Crippen molar-refractivity contribution in [3.05, 3.63) is 0 Å². The number of amides is 1. The molecule has 0 radical (unpaired) electrons. The van der Waals surface area contributed by atoms with Crippen LogP contribution in [0.15, 0.2) is 0 Å². The molecule has 0 aromatic carbocycles. The molecule has 0 bridgehead atoms. The van der Waals surface area contributed by atoms with Crippen LogP contribution >= 0.6 is 0 Å². The zero-order valence-corrected chi connectivity index (χ0v) is 9.59. The second kappa shape index (κ2) is 3.83. The van der Waals surface area contributed by atoms with E-state index in [1.807, 2.05) is 20.8 Å². The summed E-state index contributed by atoms with van der Waals surface area (Å²) in [6.07, 6.45) is 2.35. The van der Waals surface area contributed by atoms with Crippen LogP contribution in [0.2, 0.25) is 0 Å². The van der Waals surface area contributed by atoms with Crippen molar-refractivity contribution >= 4 is 11.9 Å². The lowest BCUT2D eigenvalue weighted by atomic mass is 9.76. The topological polar surface area (TPSA) is 66.4 Å². The molecule has 4 nitrogen and oxygen atoms in total. The largest absolute Gasteiger partial charge is 0.480 e. The number of nitrogens with one attached hydrogen (secondary N) is 1. The molecule has 0 unspecified atom stereocenters. The van der Waals surface area contributed by atoms with E-state index < -0.39 is 11.5 Å². The van der Waals surface area contributed by atoms with Gasteiger partial charge in [0, 0.05) is 6.42 Å². The van der Waals surface area contributed by atoms with Crippen LogP contribution in [0.5, 0.6) is 0 Å². The van der Waals surface area contributed by atoms with E-state index in [1.165, 1.54) is 0 Å². The maximum atomic E-state index is 11.6. The third kappa shape index (κ3) is 2.94. The summed E-state index contributed by atoms with van der Waals surface area (Å²) in [5.74, 6) is -1.07. The van der Waals surface area contributed by atoms with Gasteiger partial charge in [0.15, 0.2) is 0 Å². The second-order valence-electron chi connectivity index (χ2n) is 5.53. The van der Waals surface area contributed by atoms with Gasteiger partial charge in [-0.1, -0.05) is 20.8 Å². The van der Waals surface area contributed by atoms with E-state index in [0.29, 0.717) is 19.3 Å². The van der Waals surface area contributed by atoms with Gasteiger partial charge in [0.05, 0.1) is 0 Å². The molecule has 4 heteroatoms. The Morgan fingerprint density at radius 3 is 2.13 bits per heavy atom. The molecule has 1 fully saturated rings. The molecule has 0 aromatic heterocycles. The first-order valence-corrected chi connectivity index (χ1v) is 5.30. The fourth-order valence-corrected chi connectivity index (χ4v) is 1.72. The smallest absolute Gasteiger partial charge is 0.329 e. The number of rotatable bonds is 3. The van der Waals surface area contributed by atoms with Gasteiger partial charge >= 0.3 is 5.97 Å². The van der Waals surface area contributed by atoms with Crippen molar-refractivity contribution in [3.63, 3.8) is 0 Å². The third-order valence-corrected chi connectivity index (χ3v) is 2.69. The summed E-state index contributed by atoms with van der Waals surface area (Å²) in [5, 5.41) is 11.7. The molecule has 0 aromatic rings. The van der Waals surface area contributed by atoms with Gasteiger partial charge in [0.25, 0.3) is 0 Å². The van der Waals surface area contributed by atoms with Gasteiger partial charge in [-0.25, -0.2) is 4.79 Å². The van der Waals surface area contributed by atoms with Crippen molar-refractivity contribution in [2.24, 2.45) is 5.41 Å². The van der Waals surface area contributed by atoms with Crippen molar-refractivity contribution < 1.29 is 14.7 Å². The minimum Gasteiger partial charge on any atom is -0.480 e. The van der Waals surface area contributed by atoms with Gasteiger partial charge < -0.3 is 10.4 Å². The number of hydrogen-bond donors (Lipinski definition) is 2. The van der Waals surface area contributed by atoms with Crippen molar-refractivity contribution in [3.8, 4) is 0 Å². The molecule has 1 amide bonds. The van der Waals surface area contributed by atoms with E-state index in [0.717, 1.165) is 6.42 Å². The summed E-state index contributed by atoms with van der Waals surface area (Å²) < 4.78 is 0. The van der Waals surface area contributed by atoms with E-state index in [4.69, 9.17) is 5.11 Å². The molecule has 0 heterocycles. The van der Waals surface area contributed by atoms with Crippen LogP contribution in [0.3, 0.4) is 0 Å². The van der Waals surface area contributed by atoms with Crippen molar-refractivity contribution in [1.82, 2.24) is 5.32 Å². The lowest BCUT2D eigenvalue weighted by Crippen LogP contribution is -2.59. The van der Waals surface area contributed by atoms with E-state index in [9.17, 15) is 9.59 Å². The standard InChI is InChI=1S/C11H19NO3/c1-10(2,3)7-8(13)12-11(9(14)15)5-4-6-11/h4-7H2,1-3H3,(H,12,13)(H,14,15). The van der Waals surface area contributed by atoms with Gasteiger partial charge in [-0.05, 0) is 24.7 Å². The molecule has 1 aliphatic carbocycles. The van der Waals surface area contributed by atoms with Crippen LogP contribution in [-0.2, 0) is 9.59 Å². The quantitative estimate of drug-likeness (QED) is 0.747. The molecular weight excluding hydrogens is 194 g/mol. The van der Waals surface area contributed by atoms with Crippen LogP contribution < -0.4 is 5.32 Å². The van der Waals surface area contributed by atoms with Crippen LogP contribution in [0.25, 0.3) is 0 Å². The third-order valence-electron chi connectivity index (χ3n) is 2.69. The highest BCUT2D eigenvalue weighted by molar-refractivity contribution is 5.88. The van der Waals surface area contributed by atoms with Crippen molar-refractivity contribution in [2.75, 3.05) is 0 Å². The first kappa shape index (κ1) is 12.0. The van der Waals surface area contributed by atoms with Gasteiger partial charge in [-0.2, -0.15) is 0 Å². The number of carboxylic acids is 1. The summed E-state index contributed by atoms with van der Waals surface area (Å²) in [5.41, 5.74) is -1.07. The van der Waals surface area contributed by atoms with Crippen molar-refractivity contribution in [1.29, 1.82) is 0 Å². The highest BCUT2D eigenvalue weighted by Gasteiger charge is 2.45. The summed E-state index contributed by atoms with van der Waals surface area (Å²) in [6, 6.07) is 0. The Labute approximate surface area is 90.0 Å². The normalized spacial score (nSPS) is 19.1. The highest BCUT2D eigenvalue weighted by atomic mass is 16.4. The van der Waals surface area contributed by atoms with E-state index in [1.54, 1.807) is 0 Å². The Balaban J connectivity index is 2.54. The van der Waals surface area contributed by atoms with Gasteiger partial charge in [-0.15, -0.1) is 0 Å². The van der Waals surface area contributed by atoms with Crippen LogP contribution in [0, 0.1) is 5.41 Å². The molecule has 0 aliphatic heterocycles. The molecule has 1 rings (SSSR count). The van der Waals surface area contributed by atoms with Gasteiger partial charge in [0.2, 0.25) is 5.91 Å². The lowest BCUT2D eigenvalue weighted by Gasteiger charge is -2.38. The van der Waals surface area contributed by atoms with Gasteiger partial charge in [0.1, 0.15) is 5.54 Å². The number of aliphatic carboxylic acids is 1. The zero-order chi connectivity index (χ0) is 11.7. The van der Waals surface area contributed by atoms with Gasteiger partial charge in [-0.3, -0.25) is 4.79 Å². The SMILES string of the molecule is CC(C)(C)CC(=O)NC1(C(=O)O)CCC1. The second-order valence-corrected chi connectivity index (χ2v) is 5.53. The first-order valence-electron chi connectivity index (χ1n) is 5.30. The molecule has 0 spiro atoms. The minimum absolute atomic E-state index is 0.104. The van der Waals surface area contributed by atoms with E-state index in [2.05, 4.69) is 5.32 Å². The maximum Gasteiger partial charge on any atom is 0.329 e. The summed E-state index contributed by atoms with van der Waals surface area (Å²) in [7, 11) is 0. The zero-order valence-electron chi connectivity index (χ0n) is 9.59. The number of carboxylic acid groups (broad SMARTS) is 1. The number of carbonyl (C=O) groups excluding carboxylic acids is 1. The summed E-state index contributed by atoms with van der Waals surface area (Å²) in [4.78, 5) is 22.6. The Morgan fingerprint density at radius 1 is 1.33 bits per heavy atom. The average Bonchev–Trinajstić information content (AvgIpc) is 1.92. The summed E-state index contributed by atoms with van der Waals surface area (Å²) >= 11 is 0. The molecule has 2 N–H and O–H groups in total. The first-order chi connectivity index (χ1) is 6.75. The highest BCUT2D eigenvalue weighted by Crippen LogP contribution is 2.32. The Hall–Kier alpha value is -1.06.